The molecule has 0 heterocycles. The van der Waals surface area contributed by atoms with Crippen molar-refractivity contribution in [1.29, 1.82) is 0 Å². The highest BCUT2D eigenvalue weighted by atomic mass is 16.1. The second kappa shape index (κ2) is 3.61. The molecule has 0 bridgehead atoms. The van der Waals surface area contributed by atoms with Crippen LogP contribution in [-0.4, -0.2) is 18.9 Å². The number of ketones is 1. The molecule has 2 heteroatoms. The van der Waals surface area contributed by atoms with Crippen LogP contribution in [0.5, 0.6) is 0 Å². The van der Waals surface area contributed by atoms with Crippen LogP contribution in [0.4, 0.5) is 0 Å². The molecule has 0 aliphatic carbocycles. The highest BCUT2D eigenvalue weighted by molar-refractivity contribution is 5.83. The largest absolute Gasteiger partial charge is 0.311 e. The minimum Gasteiger partial charge on any atom is -0.311 e. The molecule has 48 valence electrons. The van der Waals surface area contributed by atoms with E-state index in [1.807, 2.05) is 13.8 Å². The van der Waals surface area contributed by atoms with Crippen molar-refractivity contribution < 1.29 is 4.79 Å². The molecule has 0 aromatic rings. The van der Waals surface area contributed by atoms with Gasteiger partial charge in [0.25, 0.3) is 0 Å². The fourth-order valence-electron chi connectivity index (χ4n) is 0.467. The third-order valence-corrected chi connectivity index (χ3v) is 1.26. The average molecular weight is 115 g/mol. The van der Waals surface area contributed by atoms with Gasteiger partial charge in [0.05, 0.1) is 6.04 Å². The second-order valence-electron chi connectivity index (χ2n) is 1.83. The summed E-state index contributed by atoms with van der Waals surface area (Å²) in [5.41, 5.74) is 0. The van der Waals surface area contributed by atoms with Gasteiger partial charge in [0.15, 0.2) is 0 Å². The molecule has 2 nitrogen and oxygen atoms in total. The molecule has 8 heavy (non-hydrogen) atoms. The first-order valence-electron chi connectivity index (χ1n) is 2.92. The van der Waals surface area contributed by atoms with Gasteiger partial charge in [0.2, 0.25) is 0 Å². The predicted octanol–water partition coefficient (Wildman–Crippen LogP) is 0.573. The fourth-order valence-corrected chi connectivity index (χ4v) is 0.467. The maximum absolute atomic E-state index is 10.7. The lowest BCUT2D eigenvalue weighted by Crippen LogP contribution is -2.29. The number of carbonyl (C=O) groups excluding carboxylic acids is 1. The van der Waals surface area contributed by atoms with Gasteiger partial charge in [0.1, 0.15) is 5.78 Å². The Morgan fingerprint density at radius 2 is 2.25 bits per heavy atom. The smallest absolute Gasteiger partial charge is 0.149 e. The van der Waals surface area contributed by atoms with Crippen LogP contribution in [0.15, 0.2) is 0 Å². The first-order chi connectivity index (χ1) is 3.72. The van der Waals surface area contributed by atoms with E-state index in [1.165, 1.54) is 0 Å². The van der Waals surface area contributed by atoms with E-state index in [2.05, 4.69) is 5.32 Å². The summed E-state index contributed by atoms with van der Waals surface area (Å²) in [6.07, 6.45) is 0.627. The SMILES string of the molecule is CCC(=O)[C@H](C)NC. The first kappa shape index (κ1) is 7.63. The van der Waals surface area contributed by atoms with Crippen molar-refractivity contribution in [2.24, 2.45) is 0 Å². The zero-order valence-corrected chi connectivity index (χ0v) is 5.69. The average Bonchev–Trinajstić information content (AvgIpc) is 1.84. The van der Waals surface area contributed by atoms with Crippen molar-refractivity contribution in [3.05, 3.63) is 0 Å². The molecule has 0 unspecified atom stereocenters. The zero-order valence-electron chi connectivity index (χ0n) is 5.69. The van der Waals surface area contributed by atoms with E-state index in [1.54, 1.807) is 7.05 Å². The van der Waals surface area contributed by atoms with Crippen molar-refractivity contribution in [3.63, 3.8) is 0 Å². The third kappa shape index (κ3) is 2.07. The molecule has 1 atom stereocenters. The van der Waals surface area contributed by atoms with Gasteiger partial charge in [-0.3, -0.25) is 4.79 Å². The zero-order chi connectivity index (χ0) is 6.57. The topological polar surface area (TPSA) is 29.1 Å². The van der Waals surface area contributed by atoms with E-state index in [0.29, 0.717) is 6.42 Å². The van der Waals surface area contributed by atoms with Crippen LogP contribution in [0.1, 0.15) is 20.3 Å². The lowest BCUT2D eigenvalue weighted by atomic mass is 10.2. The van der Waals surface area contributed by atoms with Crippen LogP contribution in [0.25, 0.3) is 0 Å². The number of hydrogen-bond acceptors (Lipinski definition) is 2. The minimum absolute atomic E-state index is 0.0278. The Bertz CT molecular complexity index is 80.6. The lowest BCUT2D eigenvalue weighted by molar-refractivity contribution is -0.120. The Hall–Kier alpha value is -0.370. The molecule has 0 aromatic heterocycles. The van der Waals surface area contributed by atoms with Crippen LogP contribution in [0.2, 0.25) is 0 Å². The molecule has 0 spiro atoms. The molecule has 0 aliphatic heterocycles. The van der Waals surface area contributed by atoms with Crippen molar-refractivity contribution in [2.45, 2.75) is 26.3 Å². The Morgan fingerprint density at radius 3 is 2.38 bits per heavy atom. The van der Waals surface area contributed by atoms with Gasteiger partial charge in [-0.2, -0.15) is 0 Å². The maximum atomic E-state index is 10.7. The Balaban J connectivity index is 3.46. The molecular formula is C6H13NO. The highest BCUT2D eigenvalue weighted by Gasteiger charge is 2.04. The van der Waals surface area contributed by atoms with Gasteiger partial charge in [-0.1, -0.05) is 6.92 Å². The standard InChI is InChI=1S/C6H13NO/c1-4-6(8)5(2)7-3/h5,7H,4H2,1-3H3/t5-/m0/s1. The summed E-state index contributed by atoms with van der Waals surface area (Å²) in [7, 11) is 1.79. The third-order valence-electron chi connectivity index (χ3n) is 1.26. The number of nitrogens with one attached hydrogen (secondary N) is 1. The van der Waals surface area contributed by atoms with E-state index in [4.69, 9.17) is 0 Å². The maximum Gasteiger partial charge on any atom is 0.149 e. The summed E-state index contributed by atoms with van der Waals surface area (Å²) in [4.78, 5) is 10.7. The van der Waals surface area contributed by atoms with Gasteiger partial charge in [-0.25, -0.2) is 0 Å². The highest BCUT2D eigenvalue weighted by Crippen LogP contribution is 1.86. The normalized spacial score (nSPS) is 13.4. The molecule has 1 N–H and O–H groups in total. The van der Waals surface area contributed by atoms with E-state index in [0.717, 1.165) is 0 Å². The quantitative estimate of drug-likeness (QED) is 0.582. The molecule has 0 saturated carbocycles. The summed E-state index contributed by atoms with van der Waals surface area (Å²) in [6.45, 7) is 3.74. The van der Waals surface area contributed by atoms with Crippen LogP contribution in [0, 0.1) is 0 Å². The summed E-state index contributed by atoms with van der Waals surface area (Å²) < 4.78 is 0. The van der Waals surface area contributed by atoms with Crippen LogP contribution in [-0.2, 0) is 4.79 Å². The van der Waals surface area contributed by atoms with Crippen molar-refractivity contribution in [2.75, 3.05) is 7.05 Å². The summed E-state index contributed by atoms with van der Waals surface area (Å²) in [5, 5.41) is 2.87. The Kier molecular flexibility index (Phi) is 3.44. The number of hydrogen-bond donors (Lipinski definition) is 1. The van der Waals surface area contributed by atoms with Gasteiger partial charge in [0, 0.05) is 6.42 Å². The van der Waals surface area contributed by atoms with Crippen LogP contribution in [0.3, 0.4) is 0 Å². The van der Waals surface area contributed by atoms with Gasteiger partial charge in [-0.05, 0) is 14.0 Å². The molecule has 0 aliphatic rings. The number of carbonyl (C=O) groups is 1. The molecule has 0 fully saturated rings. The molecule has 0 saturated heterocycles. The van der Waals surface area contributed by atoms with Crippen LogP contribution >= 0.6 is 0 Å². The molecule has 0 rings (SSSR count). The second-order valence-corrected chi connectivity index (χ2v) is 1.83. The van der Waals surface area contributed by atoms with E-state index in [-0.39, 0.29) is 11.8 Å². The number of likely N-dealkylation sites (N-methyl/N-ethyl adjacent to an activating group) is 1. The molecule has 0 radical (unpaired) electrons. The van der Waals surface area contributed by atoms with E-state index >= 15 is 0 Å². The predicted molar refractivity (Wildman–Crippen MR) is 33.8 cm³/mol. The number of Topliss-reactive ketones (excluding diaryl/α,β-unsaturated/α-hetero) is 1. The van der Waals surface area contributed by atoms with Crippen molar-refractivity contribution in [1.82, 2.24) is 5.32 Å². The van der Waals surface area contributed by atoms with Gasteiger partial charge in [-0.15, -0.1) is 0 Å². The first-order valence-corrected chi connectivity index (χ1v) is 2.92. The lowest BCUT2D eigenvalue weighted by Gasteiger charge is -2.04. The summed E-state index contributed by atoms with van der Waals surface area (Å²) >= 11 is 0. The molecular weight excluding hydrogens is 102 g/mol. The van der Waals surface area contributed by atoms with Crippen molar-refractivity contribution in [3.8, 4) is 0 Å². The van der Waals surface area contributed by atoms with Crippen LogP contribution < -0.4 is 5.32 Å². The number of rotatable bonds is 3. The Labute approximate surface area is 50.3 Å². The minimum atomic E-state index is 0.0278. The van der Waals surface area contributed by atoms with Crippen molar-refractivity contribution >= 4 is 5.78 Å². The monoisotopic (exact) mass is 115 g/mol. The summed E-state index contributed by atoms with van der Waals surface area (Å²) in [6, 6.07) is 0.0278. The summed E-state index contributed by atoms with van der Waals surface area (Å²) in [5.74, 6) is 0.271. The van der Waals surface area contributed by atoms with E-state index in [9.17, 15) is 4.79 Å². The molecule has 0 amide bonds. The van der Waals surface area contributed by atoms with Gasteiger partial charge >= 0.3 is 0 Å². The van der Waals surface area contributed by atoms with E-state index < -0.39 is 0 Å². The molecule has 0 aromatic carbocycles. The Morgan fingerprint density at radius 1 is 1.75 bits per heavy atom. The fraction of sp³-hybridized carbons (Fsp3) is 0.833. The van der Waals surface area contributed by atoms with Gasteiger partial charge < -0.3 is 5.32 Å².